The second-order valence-electron chi connectivity index (χ2n) is 3.89. The minimum atomic E-state index is -3.49. The number of sulfonamides is 1. The van der Waals surface area contributed by atoms with Gasteiger partial charge < -0.3 is 4.74 Å². The van der Waals surface area contributed by atoms with Crippen molar-refractivity contribution < 1.29 is 13.2 Å². The molecule has 0 aromatic rings. The molecule has 1 fully saturated rings. The average molecular weight is 232 g/mol. The lowest BCUT2D eigenvalue weighted by atomic mass is 10.3. The molecule has 5 nitrogen and oxygen atoms in total. The van der Waals surface area contributed by atoms with Crippen LogP contribution in [0.4, 0.5) is 0 Å². The molecule has 86 valence electrons. The Morgan fingerprint density at radius 2 is 1.87 bits per heavy atom. The zero-order chi connectivity index (χ0) is 11.6. The van der Waals surface area contributed by atoms with Crippen LogP contribution in [0.2, 0.25) is 0 Å². The van der Waals surface area contributed by atoms with Crippen LogP contribution in [0.3, 0.4) is 0 Å². The van der Waals surface area contributed by atoms with Crippen molar-refractivity contribution in [1.29, 1.82) is 5.26 Å². The summed E-state index contributed by atoms with van der Waals surface area (Å²) in [7, 11) is -3.49. The Morgan fingerprint density at radius 1 is 1.40 bits per heavy atom. The Hall–Kier alpha value is -0.640. The molecular formula is C9H16N2O3S. The molecule has 0 aromatic heterocycles. The normalized spacial score (nSPS) is 30.8. The van der Waals surface area contributed by atoms with Crippen molar-refractivity contribution in [3.8, 4) is 6.07 Å². The Kier molecular flexibility index (Phi) is 3.71. The fraction of sp³-hybridized carbons (Fsp3) is 0.889. The van der Waals surface area contributed by atoms with Gasteiger partial charge in [0.2, 0.25) is 10.0 Å². The molecule has 0 N–H and O–H groups in total. The highest BCUT2D eigenvalue weighted by Crippen LogP contribution is 2.17. The zero-order valence-corrected chi connectivity index (χ0v) is 9.99. The molecule has 6 heteroatoms. The lowest BCUT2D eigenvalue weighted by Crippen LogP contribution is -2.50. The number of hydrogen-bond donors (Lipinski definition) is 0. The van der Waals surface area contributed by atoms with Crippen LogP contribution in [-0.4, -0.2) is 43.3 Å². The molecule has 15 heavy (non-hydrogen) atoms. The lowest BCUT2D eigenvalue weighted by molar-refractivity contribution is -0.0441. The van der Waals surface area contributed by atoms with Crippen molar-refractivity contribution in [3.63, 3.8) is 0 Å². The number of ether oxygens (including phenoxy) is 1. The van der Waals surface area contributed by atoms with Crippen molar-refractivity contribution in [2.24, 2.45) is 0 Å². The third-order valence-electron chi connectivity index (χ3n) is 2.37. The third-order valence-corrected chi connectivity index (χ3v) is 4.39. The predicted octanol–water partition coefficient (Wildman–Crippen LogP) is 0.337. The minimum absolute atomic E-state index is 0.116. The van der Waals surface area contributed by atoms with Gasteiger partial charge in [-0.3, -0.25) is 0 Å². The first-order valence-corrected chi connectivity index (χ1v) is 6.42. The summed E-state index contributed by atoms with van der Waals surface area (Å²) in [6, 6.07) is 1.76. The molecule has 3 atom stereocenters. The second kappa shape index (κ2) is 4.47. The van der Waals surface area contributed by atoms with Crippen LogP contribution < -0.4 is 0 Å². The molecule has 1 aliphatic rings. The number of nitriles is 1. The van der Waals surface area contributed by atoms with Crippen LogP contribution >= 0.6 is 0 Å². The molecule has 0 radical (unpaired) electrons. The molecule has 0 aliphatic carbocycles. The van der Waals surface area contributed by atoms with Crippen LogP contribution in [0.25, 0.3) is 0 Å². The van der Waals surface area contributed by atoms with Gasteiger partial charge >= 0.3 is 0 Å². The highest BCUT2D eigenvalue weighted by molar-refractivity contribution is 7.89. The van der Waals surface area contributed by atoms with Gasteiger partial charge in [0, 0.05) is 13.1 Å². The van der Waals surface area contributed by atoms with Crippen LogP contribution in [0.5, 0.6) is 0 Å². The molecule has 0 spiro atoms. The quantitative estimate of drug-likeness (QED) is 0.688. The van der Waals surface area contributed by atoms with E-state index >= 15 is 0 Å². The van der Waals surface area contributed by atoms with Crippen LogP contribution in [0.15, 0.2) is 0 Å². The summed E-state index contributed by atoms with van der Waals surface area (Å²) in [5.41, 5.74) is 0. The molecule has 0 bridgehead atoms. The second-order valence-corrected chi connectivity index (χ2v) is 6.14. The number of hydrogen-bond acceptors (Lipinski definition) is 4. The summed E-state index contributed by atoms with van der Waals surface area (Å²) >= 11 is 0. The van der Waals surface area contributed by atoms with Gasteiger partial charge in [-0.25, -0.2) is 8.42 Å². The van der Waals surface area contributed by atoms with E-state index < -0.39 is 15.3 Å². The van der Waals surface area contributed by atoms with E-state index in [4.69, 9.17) is 10.00 Å². The standard InChI is InChI=1S/C9H16N2O3S/c1-7-5-11(6-8(2)14-7)15(12,13)9(3)4-10/h7-9H,5-6H2,1-3H3/t7-,8+,9?. The van der Waals surface area contributed by atoms with Gasteiger partial charge in [0.25, 0.3) is 0 Å². The van der Waals surface area contributed by atoms with Gasteiger partial charge in [0.05, 0.1) is 18.3 Å². The molecule has 1 rings (SSSR count). The van der Waals surface area contributed by atoms with E-state index in [0.717, 1.165) is 0 Å². The first kappa shape index (κ1) is 12.4. The Balaban J connectivity index is 2.84. The minimum Gasteiger partial charge on any atom is -0.373 e. The van der Waals surface area contributed by atoms with E-state index in [1.807, 2.05) is 13.8 Å². The zero-order valence-electron chi connectivity index (χ0n) is 9.17. The maximum Gasteiger partial charge on any atom is 0.230 e. The maximum atomic E-state index is 11.9. The third kappa shape index (κ3) is 2.68. The lowest BCUT2D eigenvalue weighted by Gasteiger charge is -2.34. The van der Waals surface area contributed by atoms with Crippen LogP contribution in [-0.2, 0) is 14.8 Å². The monoisotopic (exact) mass is 232 g/mol. The maximum absolute atomic E-state index is 11.9. The fourth-order valence-electron chi connectivity index (χ4n) is 1.63. The molecular weight excluding hydrogens is 216 g/mol. The average Bonchev–Trinajstić information content (AvgIpc) is 2.15. The molecule has 1 aliphatic heterocycles. The molecule has 1 unspecified atom stereocenters. The Labute approximate surface area is 90.7 Å². The van der Waals surface area contributed by atoms with Crippen molar-refractivity contribution in [2.45, 2.75) is 38.2 Å². The van der Waals surface area contributed by atoms with E-state index in [1.165, 1.54) is 11.2 Å². The fourth-order valence-corrected chi connectivity index (χ4v) is 3.04. The van der Waals surface area contributed by atoms with E-state index in [2.05, 4.69) is 0 Å². The van der Waals surface area contributed by atoms with E-state index in [1.54, 1.807) is 6.07 Å². The number of morpholine rings is 1. The summed E-state index contributed by atoms with van der Waals surface area (Å²) in [4.78, 5) is 0. The van der Waals surface area contributed by atoms with Gasteiger partial charge in [0.15, 0.2) is 5.25 Å². The summed E-state index contributed by atoms with van der Waals surface area (Å²) in [6.45, 7) is 5.72. The predicted molar refractivity (Wildman–Crippen MR) is 55.6 cm³/mol. The summed E-state index contributed by atoms with van der Waals surface area (Å²) in [6.07, 6.45) is -0.233. The topological polar surface area (TPSA) is 70.4 Å². The summed E-state index contributed by atoms with van der Waals surface area (Å²) in [5, 5.41) is 7.66. The van der Waals surface area contributed by atoms with Crippen LogP contribution in [0.1, 0.15) is 20.8 Å². The summed E-state index contributed by atoms with van der Waals surface area (Å²) in [5.74, 6) is 0. The summed E-state index contributed by atoms with van der Waals surface area (Å²) < 4.78 is 30.5. The molecule has 1 heterocycles. The smallest absolute Gasteiger partial charge is 0.230 e. The number of nitrogens with zero attached hydrogens (tertiary/aromatic N) is 2. The SMILES string of the molecule is CC(C#N)S(=O)(=O)N1C[C@@H](C)O[C@@H](C)C1. The number of rotatable bonds is 2. The molecule has 1 saturated heterocycles. The van der Waals surface area contributed by atoms with Gasteiger partial charge in [-0.2, -0.15) is 9.57 Å². The van der Waals surface area contributed by atoms with Crippen molar-refractivity contribution in [3.05, 3.63) is 0 Å². The van der Waals surface area contributed by atoms with E-state index in [-0.39, 0.29) is 12.2 Å². The Morgan fingerprint density at radius 3 is 2.27 bits per heavy atom. The molecule has 0 aromatic carbocycles. The van der Waals surface area contributed by atoms with Crippen LogP contribution in [0, 0.1) is 11.3 Å². The first-order valence-electron chi connectivity index (χ1n) is 4.92. The Bertz CT molecular complexity index is 350. The van der Waals surface area contributed by atoms with E-state index in [9.17, 15) is 8.42 Å². The van der Waals surface area contributed by atoms with Gasteiger partial charge in [-0.05, 0) is 20.8 Å². The first-order chi connectivity index (χ1) is 6.87. The van der Waals surface area contributed by atoms with Gasteiger partial charge in [-0.15, -0.1) is 0 Å². The van der Waals surface area contributed by atoms with Crippen molar-refractivity contribution >= 4 is 10.0 Å². The van der Waals surface area contributed by atoms with Gasteiger partial charge in [-0.1, -0.05) is 0 Å². The highest BCUT2D eigenvalue weighted by Gasteiger charge is 2.34. The molecule has 0 amide bonds. The highest BCUT2D eigenvalue weighted by atomic mass is 32.2. The largest absolute Gasteiger partial charge is 0.373 e. The van der Waals surface area contributed by atoms with Gasteiger partial charge in [0.1, 0.15) is 0 Å². The van der Waals surface area contributed by atoms with Crippen molar-refractivity contribution in [2.75, 3.05) is 13.1 Å². The van der Waals surface area contributed by atoms with Crippen molar-refractivity contribution in [1.82, 2.24) is 4.31 Å². The molecule has 0 saturated carbocycles. The van der Waals surface area contributed by atoms with E-state index in [0.29, 0.717) is 13.1 Å².